The van der Waals surface area contributed by atoms with Crippen LogP contribution in [0.2, 0.25) is 0 Å². The Kier molecular flexibility index (Phi) is 6.22. The molecule has 25 heavy (non-hydrogen) atoms. The van der Waals surface area contributed by atoms with Gasteiger partial charge in [-0.1, -0.05) is 36.9 Å². The molecule has 0 saturated carbocycles. The molecule has 0 fully saturated rings. The third kappa shape index (κ3) is 3.84. The zero-order valence-corrected chi connectivity index (χ0v) is 14.9. The summed E-state index contributed by atoms with van der Waals surface area (Å²) in [6, 6.07) is 7.83. The summed E-state index contributed by atoms with van der Waals surface area (Å²) in [5.74, 6) is 0. The van der Waals surface area contributed by atoms with Crippen molar-refractivity contribution in [2.24, 2.45) is 0 Å². The molecule has 1 aliphatic heterocycles. The summed E-state index contributed by atoms with van der Waals surface area (Å²) in [6.45, 7) is 9.89. The van der Waals surface area contributed by atoms with Gasteiger partial charge in [0.15, 0.2) is 0 Å². The molecule has 0 bridgehead atoms. The van der Waals surface area contributed by atoms with Crippen LogP contribution in [0.1, 0.15) is 38.3 Å². The first-order chi connectivity index (χ1) is 12.0. The Morgan fingerprint density at radius 2 is 1.80 bits per heavy atom. The number of ether oxygens (including phenoxy) is 2. The maximum absolute atomic E-state index is 12.5. The second kappa shape index (κ2) is 8.37. The van der Waals surface area contributed by atoms with Crippen molar-refractivity contribution in [3.63, 3.8) is 0 Å². The molecule has 0 aliphatic carbocycles. The normalized spacial score (nSPS) is 14.4. The largest absolute Gasteiger partial charge is 0.448 e. The van der Waals surface area contributed by atoms with E-state index in [0.717, 1.165) is 16.7 Å². The summed E-state index contributed by atoms with van der Waals surface area (Å²) in [6.07, 6.45) is 1.22. The van der Waals surface area contributed by atoms with E-state index in [2.05, 4.69) is 6.58 Å². The first-order valence-electron chi connectivity index (χ1n) is 8.37. The van der Waals surface area contributed by atoms with Gasteiger partial charge in [-0.15, -0.1) is 0 Å². The van der Waals surface area contributed by atoms with Crippen LogP contribution in [0.25, 0.3) is 11.6 Å². The van der Waals surface area contributed by atoms with E-state index >= 15 is 0 Å². The van der Waals surface area contributed by atoms with Gasteiger partial charge in [0.25, 0.3) is 0 Å². The van der Waals surface area contributed by atoms with E-state index in [-0.39, 0.29) is 13.2 Å². The van der Waals surface area contributed by atoms with E-state index in [9.17, 15) is 9.59 Å². The van der Waals surface area contributed by atoms with Crippen LogP contribution in [0.5, 0.6) is 0 Å². The number of nitrogens with zero attached hydrogens (tertiary/aromatic N) is 2. The Balaban J connectivity index is 2.49. The highest BCUT2D eigenvalue weighted by atomic mass is 16.6. The van der Waals surface area contributed by atoms with Crippen molar-refractivity contribution in [1.82, 2.24) is 10.0 Å². The minimum absolute atomic E-state index is 0.220. The van der Waals surface area contributed by atoms with Gasteiger partial charge in [0.05, 0.1) is 19.8 Å². The van der Waals surface area contributed by atoms with Gasteiger partial charge in [0.2, 0.25) is 0 Å². The molecular weight excluding hydrogens is 320 g/mol. The molecule has 2 rings (SSSR count). The lowest BCUT2D eigenvalue weighted by Gasteiger charge is -2.38. The molecule has 0 N–H and O–H groups in total. The molecule has 2 amide bonds. The highest BCUT2D eigenvalue weighted by Crippen LogP contribution is 2.33. The lowest BCUT2D eigenvalue weighted by molar-refractivity contribution is -0.00372. The number of allylic oxidation sites excluding steroid dienone is 1. The predicted octanol–water partition coefficient (Wildman–Crippen LogP) is 4.30. The van der Waals surface area contributed by atoms with Crippen LogP contribution in [0, 0.1) is 0 Å². The summed E-state index contributed by atoms with van der Waals surface area (Å²) >= 11 is 0. The van der Waals surface area contributed by atoms with Gasteiger partial charge in [-0.25, -0.2) is 14.6 Å². The summed E-state index contributed by atoms with van der Waals surface area (Å²) in [5.41, 5.74) is 3.59. The van der Waals surface area contributed by atoms with Crippen LogP contribution < -0.4 is 0 Å². The second-order valence-electron chi connectivity index (χ2n) is 5.44. The first kappa shape index (κ1) is 18.6. The van der Waals surface area contributed by atoms with Crippen LogP contribution in [0.3, 0.4) is 0 Å². The smallest absolute Gasteiger partial charge is 0.433 e. The van der Waals surface area contributed by atoms with Crippen molar-refractivity contribution < 1.29 is 19.1 Å². The van der Waals surface area contributed by atoms with E-state index in [1.165, 1.54) is 10.0 Å². The number of amides is 2. The molecule has 0 unspecified atom stereocenters. The van der Waals surface area contributed by atoms with Crippen molar-refractivity contribution in [3.05, 3.63) is 47.7 Å². The minimum Gasteiger partial charge on any atom is -0.448 e. The molecule has 1 aromatic rings. The van der Waals surface area contributed by atoms with Crippen LogP contribution in [0.4, 0.5) is 9.59 Å². The quantitative estimate of drug-likeness (QED) is 0.817. The van der Waals surface area contributed by atoms with Gasteiger partial charge < -0.3 is 9.47 Å². The lowest BCUT2D eigenvalue weighted by atomic mass is 9.94. The Morgan fingerprint density at radius 3 is 2.44 bits per heavy atom. The maximum atomic E-state index is 12.5. The van der Waals surface area contributed by atoms with E-state index in [1.54, 1.807) is 26.8 Å². The maximum Gasteiger partial charge on any atom is 0.433 e. The molecule has 1 aromatic carbocycles. The molecule has 0 spiro atoms. The van der Waals surface area contributed by atoms with Gasteiger partial charge >= 0.3 is 12.2 Å². The molecule has 0 atom stereocenters. The van der Waals surface area contributed by atoms with E-state index in [1.807, 2.05) is 24.3 Å². The van der Waals surface area contributed by atoms with Gasteiger partial charge in [-0.2, -0.15) is 5.01 Å². The van der Waals surface area contributed by atoms with Crippen LogP contribution >= 0.6 is 0 Å². The van der Waals surface area contributed by atoms with E-state index in [0.29, 0.717) is 18.7 Å². The van der Waals surface area contributed by atoms with Gasteiger partial charge in [-0.3, -0.25) is 0 Å². The minimum atomic E-state index is -0.596. The topological polar surface area (TPSA) is 59.1 Å². The second-order valence-corrected chi connectivity index (χ2v) is 5.44. The number of hydrogen-bond donors (Lipinski definition) is 0. The van der Waals surface area contributed by atoms with Crippen molar-refractivity contribution >= 4 is 23.8 Å². The predicted molar refractivity (Wildman–Crippen MR) is 96.3 cm³/mol. The SMILES string of the molecule is C=Cc1ccccc1C1=C(C)N(C(=O)OCC)N(C(=O)OCC)CC1. The zero-order chi connectivity index (χ0) is 18.4. The van der Waals surface area contributed by atoms with Crippen molar-refractivity contribution in [1.29, 1.82) is 0 Å². The number of carbonyl (C=O) groups excluding carboxylic acids is 2. The average Bonchev–Trinajstić information content (AvgIpc) is 2.61. The van der Waals surface area contributed by atoms with Gasteiger partial charge in [0, 0.05) is 5.70 Å². The summed E-state index contributed by atoms with van der Waals surface area (Å²) in [5, 5.41) is 2.55. The van der Waals surface area contributed by atoms with E-state index in [4.69, 9.17) is 9.47 Å². The summed E-state index contributed by atoms with van der Waals surface area (Å²) in [4.78, 5) is 24.7. The molecule has 134 valence electrons. The Labute approximate surface area is 148 Å². The highest BCUT2D eigenvalue weighted by Gasteiger charge is 2.35. The van der Waals surface area contributed by atoms with Gasteiger partial charge in [-0.05, 0) is 43.9 Å². The fourth-order valence-electron chi connectivity index (χ4n) is 2.88. The van der Waals surface area contributed by atoms with Crippen LogP contribution in [0.15, 0.2) is 36.5 Å². The van der Waals surface area contributed by atoms with Crippen LogP contribution in [-0.4, -0.2) is 42.0 Å². The standard InChI is InChI=1S/C19H24N2O4/c1-5-15-10-8-9-11-17(15)16-12-13-20(18(22)24-6-2)21(14(16)4)19(23)25-7-3/h5,8-11H,1,6-7,12-13H2,2-4H3. The molecule has 6 nitrogen and oxygen atoms in total. The first-order valence-corrected chi connectivity index (χ1v) is 8.37. The number of carbonyl (C=O) groups is 2. The third-order valence-electron chi connectivity index (χ3n) is 3.99. The van der Waals surface area contributed by atoms with Crippen LogP contribution in [-0.2, 0) is 9.47 Å². The lowest BCUT2D eigenvalue weighted by Crippen LogP contribution is -2.51. The number of hydrazine groups is 1. The molecule has 1 heterocycles. The molecule has 0 radical (unpaired) electrons. The Hall–Kier alpha value is -2.76. The van der Waals surface area contributed by atoms with E-state index < -0.39 is 12.2 Å². The monoisotopic (exact) mass is 344 g/mol. The number of hydrogen-bond acceptors (Lipinski definition) is 4. The van der Waals surface area contributed by atoms with Crippen molar-refractivity contribution in [2.75, 3.05) is 19.8 Å². The zero-order valence-electron chi connectivity index (χ0n) is 14.9. The molecule has 1 aliphatic rings. The average molecular weight is 344 g/mol. The van der Waals surface area contributed by atoms with Crippen molar-refractivity contribution in [2.45, 2.75) is 27.2 Å². The molecule has 0 aromatic heterocycles. The summed E-state index contributed by atoms with van der Waals surface area (Å²) in [7, 11) is 0. The third-order valence-corrected chi connectivity index (χ3v) is 3.99. The summed E-state index contributed by atoms with van der Waals surface area (Å²) < 4.78 is 10.2. The highest BCUT2D eigenvalue weighted by molar-refractivity contribution is 5.83. The molecule has 0 saturated heterocycles. The number of benzene rings is 1. The molecule has 6 heteroatoms. The van der Waals surface area contributed by atoms with Crippen molar-refractivity contribution in [3.8, 4) is 0 Å². The fraction of sp³-hybridized carbons (Fsp3) is 0.368. The van der Waals surface area contributed by atoms with Gasteiger partial charge in [0.1, 0.15) is 0 Å². The number of rotatable bonds is 4. The molecular formula is C19H24N2O4. The fourth-order valence-corrected chi connectivity index (χ4v) is 2.88. The Morgan fingerprint density at radius 1 is 1.16 bits per heavy atom. The Bertz CT molecular complexity index is 696.